The monoisotopic (exact) mass is 256 g/mol. The molecule has 2 atom stereocenters. The molecule has 19 heavy (non-hydrogen) atoms. The van der Waals surface area contributed by atoms with E-state index in [1.807, 2.05) is 19.1 Å². The molecule has 2 nitrogen and oxygen atoms in total. The van der Waals surface area contributed by atoms with E-state index in [2.05, 4.69) is 41.2 Å². The van der Waals surface area contributed by atoms with E-state index >= 15 is 0 Å². The van der Waals surface area contributed by atoms with Crippen LogP contribution in [0.4, 0.5) is 0 Å². The summed E-state index contributed by atoms with van der Waals surface area (Å²) in [5, 5.41) is 18.3. The van der Waals surface area contributed by atoms with Gasteiger partial charge in [-0.2, -0.15) is 10.5 Å². The minimum atomic E-state index is -0.137. The molecule has 0 aromatic carbocycles. The summed E-state index contributed by atoms with van der Waals surface area (Å²) in [5.41, 5.74) is 2.24. The second-order valence-electron chi connectivity index (χ2n) is 6.79. The van der Waals surface area contributed by atoms with E-state index in [1.165, 1.54) is 5.57 Å². The molecule has 0 radical (unpaired) electrons. The molecule has 0 bridgehead atoms. The molecule has 0 aromatic heterocycles. The summed E-state index contributed by atoms with van der Waals surface area (Å²) in [5.74, 6) is 0. The molecular formula is C17H24N2. The van der Waals surface area contributed by atoms with E-state index in [0.717, 1.165) is 18.4 Å². The Bertz CT molecular complexity index is 508. The molecule has 0 amide bonds. The van der Waals surface area contributed by atoms with Gasteiger partial charge in [-0.1, -0.05) is 39.8 Å². The third kappa shape index (κ3) is 1.82. The quantitative estimate of drug-likeness (QED) is 0.528. The molecule has 0 N–H and O–H groups in total. The fraction of sp³-hybridized carbons (Fsp3) is 0.647. The molecular weight excluding hydrogens is 232 g/mol. The topological polar surface area (TPSA) is 47.6 Å². The van der Waals surface area contributed by atoms with Gasteiger partial charge in [-0.3, -0.25) is 0 Å². The van der Waals surface area contributed by atoms with Crippen molar-refractivity contribution in [3.8, 4) is 12.1 Å². The minimum Gasteiger partial charge on any atom is -0.192 e. The largest absolute Gasteiger partial charge is 0.192 e. The van der Waals surface area contributed by atoms with E-state index in [1.54, 1.807) is 0 Å². The maximum absolute atomic E-state index is 9.13. The lowest BCUT2D eigenvalue weighted by Gasteiger charge is -2.48. The Morgan fingerprint density at radius 3 is 1.68 bits per heavy atom. The van der Waals surface area contributed by atoms with Crippen LogP contribution in [0.5, 0.6) is 0 Å². The van der Waals surface area contributed by atoms with Gasteiger partial charge in [-0.25, -0.2) is 0 Å². The van der Waals surface area contributed by atoms with Crippen LogP contribution in [0.15, 0.2) is 23.3 Å². The van der Waals surface area contributed by atoms with Crippen molar-refractivity contribution in [2.45, 2.75) is 54.4 Å². The van der Waals surface area contributed by atoms with Gasteiger partial charge in [0, 0.05) is 0 Å². The Hall–Kier alpha value is -1.54. The van der Waals surface area contributed by atoms with E-state index in [4.69, 9.17) is 10.5 Å². The Labute approximate surface area is 117 Å². The Balaban J connectivity index is 3.48. The van der Waals surface area contributed by atoms with Crippen molar-refractivity contribution in [2.24, 2.45) is 16.2 Å². The first-order valence-corrected chi connectivity index (χ1v) is 6.76. The highest BCUT2D eigenvalue weighted by Crippen LogP contribution is 2.67. The van der Waals surface area contributed by atoms with E-state index in [9.17, 15) is 0 Å². The van der Waals surface area contributed by atoms with Crippen LogP contribution in [0.25, 0.3) is 0 Å². The molecule has 2 unspecified atom stereocenters. The van der Waals surface area contributed by atoms with Crippen LogP contribution in [0.2, 0.25) is 0 Å². The molecule has 0 heterocycles. The second kappa shape index (κ2) is 4.53. The molecule has 0 aromatic rings. The molecule has 1 saturated carbocycles. The standard InChI is InChI=1S/C17H24N2/c1-12(2)16(6)8-9-17(7,15(16,4)5)13(3)14(10-18)11-19/h1,8-9H2,2-7H3. The zero-order chi connectivity index (χ0) is 15.1. The number of rotatable bonds is 2. The predicted octanol–water partition coefficient (Wildman–Crippen LogP) is 4.76. The minimum absolute atomic E-state index is 0.0329. The van der Waals surface area contributed by atoms with E-state index < -0.39 is 0 Å². The molecule has 1 fully saturated rings. The van der Waals surface area contributed by atoms with Gasteiger partial charge in [0.2, 0.25) is 0 Å². The van der Waals surface area contributed by atoms with Crippen LogP contribution in [-0.4, -0.2) is 0 Å². The molecule has 1 aliphatic rings. The van der Waals surface area contributed by atoms with Gasteiger partial charge in [0.15, 0.2) is 0 Å². The van der Waals surface area contributed by atoms with Crippen molar-refractivity contribution in [3.05, 3.63) is 23.3 Å². The summed E-state index contributed by atoms with van der Waals surface area (Å²) in [4.78, 5) is 0. The van der Waals surface area contributed by atoms with Gasteiger partial charge < -0.3 is 0 Å². The van der Waals surface area contributed by atoms with Crippen molar-refractivity contribution in [3.63, 3.8) is 0 Å². The highest BCUT2D eigenvalue weighted by atomic mass is 14.6. The van der Waals surface area contributed by atoms with E-state index in [-0.39, 0.29) is 21.8 Å². The first-order valence-electron chi connectivity index (χ1n) is 6.76. The third-order valence-electron chi connectivity index (χ3n) is 6.25. The van der Waals surface area contributed by atoms with Gasteiger partial charge in [-0.05, 0) is 48.5 Å². The van der Waals surface area contributed by atoms with E-state index in [0.29, 0.717) is 0 Å². The van der Waals surface area contributed by atoms with Gasteiger partial charge in [0.05, 0.1) is 0 Å². The Morgan fingerprint density at radius 2 is 1.37 bits per heavy atom. The molecule has 102 valence electrons. The predicted molar refractivity (Wildman–Crippen MR) is 78.0 cm³/mol. The summed E-state index contributed by atoms with van der Waals surface area (Å²) in [6.45, 7) is 17.1. The zero-order valence-electron chi connectivity index (χ0n) is 13.0. The summed E-state index contributed by atoms with van der Waals surface area (Å²) in [7, 11) is 0. The maximum Gasteiger partial charge on any atom is 0.129 e. The lowest BCUT2D eigenvalue weighted by molar-refractivity contribution is 0.0772. The van der Waals surface area contributed by atoms with Crippen molar-refractivity contribution in [1.29, 1.82) is 10.5 Å². The number of nitrogens with zero attached hydrogens (tertiary/aromatic N) is 2. The average Bonchev–Trinajstić information content (AvgIpc) is 2.53. The van der Waals surface area contributed by atoms with Gasteiger partial charge in [0.25, 0.3) is 0 Å². The molecule has 0 aliphatic heterocycles. The van der Waals surface area contributed by atoms with Gasteiger partial charge in [-0.15, -0.1) is 0 Å². The van der Waals surface area contributed by atoms with Gasteiger partial charge >= 0.3 is 0 Å². The van der Waals surface area contributed by atoms with Crippen molar-refractivity contribution >= 4 is 0 Å². The number of hydrogen-bond donors (Lipinski definition) is 0. The smallest absolute Gasteiger partial charge is 0.129 e. The number of nitriles is 2. The average molecular weight is 256 g/mol. The first kappa shape index (κ1) is 15.5. The highest BCUT2D eigenvalue weighted by molar-refractivity contribution is 5.44. The molecule has 1 rings (SSSR count). The van der Waals surface area contributed by atoms with Crippen LogP contribution in [0, 0.1) is 38.9 Å². The summed E-state index contributed by atoms with van der Waals surface area (Å²) < 4.78 is 0. The van der Waals surface area contributed by atoms with Crippen LogP contribution < -0.4 is 0 Å². The fourth-order valence-corrected chi connectivity index (χ4v) is 3.61. The summed E-state index contributed by atoms with van der Waals surface area (Å²) in [6, 6.07) is 4.09. The Morgan fingerprint density at radius 1 is 0.947 bits per heavy atom. The third-order valence-corrected chi connectivity index (χ3v) is 6.25. The zero-order valence-corrected chi connectivity index (χ0v) is 13.0. The van der Waals surface area contributed by atoms with Crippen LogP contribution in [0.3, 0.4) is 0 Å². The van der Waals surface area contributed by atoms with Gasteiger partial charge in [0.1, 0.15) is 17.7 Å². The molecule has 0 spiro atoms. The lowest BCUT2D eigenvalue weighted by Crippen LogP contribution is -2.41. The first-order chi connectivity index (χ1) is 8.58. The number of allylic oxidation sites excluding steroid dienone is 3. The van der Waals surface area contributed by atoms with Crippen LogP contribution in [0.1, 0.15) is 54.4 Å². The summed E-state index contributed by atoms with van der Waals surface area (Å²) >= 11 is 0. The van der Waals surface area contributed by atoms with Crippen molar-refractivity contribution < 1.29 is 0 Å². The normalized spacial score (nSPS) is 32.2. The fourth-order valence-electron chi connectivity index (χ4n) is 3.61. The Kier molecular flexibility index (Phi) is 3.70. The maximum atomic E-state index is 9.13. The number of hydrogen-bond acceptors (Lipinski definition) is 2. The van der Waals surface area contributed by atoms with Crippen LogP contribution >= 0.6 is 0 Å². The SMILES string of the molecule is C=C(C)C1(C)CCC(C)(C(C)=C(C#N)C#N)C1(C)C. The van der Waals surface area contributed by atoms with Crippen molar-refractivity contribution in [1.82, 2.24) is 0 Å². The second-order valence-corrected chi connectivity index (χ2v) is 6.79. The molecule has 1 aliphatic carbocycles. The highest BCUT2D eigenvalue weighted by Gasteiger charge is 2.59. The molecule has 0 saturated heterocycles. The van der Waals surface area contributed by atoms with Crippen LogP contribution in [-0.2, 0) is 0 Å². The summed E-state index contributed by atoms with van der Waals surface area (Å²) in [6.07, 6.45) is 2.04. The van der Waals surface area contributed by atoms with Crippen molar-refractivity contribution in [2.75, 3.05) is 0 Å². The lowest BCUT2D eigenvalue weighted by atomic mass is 9.55. The molecule has 2 heteroatoms.